The Morgan fingerprint density at radius 1 is 1.07 bits per heavy atom. The summed E-state index contributed by atoms with van der Waals surface area (Å²) in [5.74, 6) is -0.866. The Morgan fingerprint density at radius 2 is 1.75 bits per heavy atom. The number of hydrogen-bond acceptors (Lipinski definition) is 9. The van der Waals surface area contributed by atoms with E-state index >= 15 is 0 Å². The van der Waals surface area contributed by atoms with E-state index in [1.54, 1.807) is 0 Å². The van der Waals surface area contributed by atoms with Crippen molar-refractivity contribution in [2.24, 2.45) is 0 Å². The third-order valence-corrected chi connectivity index (χ3v) is 5.19. The van der Waals surface area contributed by atoms with E-state index in [1.807, 2.05) is 0 Å². The van der Waals surface area contributed by atoms with Gasteiger partial charge in [-0.2, -0.15) is 12.8 Å². The molecule has 1 aliphatic rings. The van der Waals surface area contributed by atoms with Crippen LogP contribution >= 0.6 is 11.6 Å². The van der Waals surface area contributed by atoms with Crippen LogP contribution < -0.4 is 4.74 Å². The van der Waals surface area contributed by atoms with Gasteiger partial charge in [-0.3, -0.25) is 4.55 Å². The van der Waals surface area contributed by atoms with Gasteiger partial charge in [-0.1, -0.05) is 11.6 Å². The Balaban J connectivity index is 1.89. The average molecular weight is 437 g/mol. The van der Waals surface area contributed by atoms with Crippen molar-refractivity contribution >= 4 is 21.7 Å². The zero-order valence-electron chi connectivity index (χ0n) is 13.8. The minimum atomic E-state index is -4.94. The summed E-state index contributed by atoms with van der Waals surface area (Å²) in [6.07, 6.45) is -5.24. The molecule has 0 spiro atoms. The molecule has 0 radical (unpaired) electrons. The lowest BCUT2D eigenvalue weighted by molar-refractivity contribution is -0.254. The largest absolute Gasteiger partial charge is 0.459 e. The second-order valence-corrected chi connectivity index (χ2v) is 7.71. The lowest BCUT2D eigenvalue weighted by atomic mass is 10.1. The summed E-state index contributed by atoms with van der Waals surface area (Å²) < 4.78 is 55.0. The summed E-state index contributed by atoms with van der Waals surface area (Å²) in [5.41, 5.74) is -1.41. The topological polar surface area (TPSA) is 159 Å². The van der Waals surface area contributed by atoms with E-state index in [9.17, 15) is 28.1 Å². The maximum atomic E-state index is 13.0. The number of aromatic nitrogens is 2. The summed E-state index contributed by atoms with van der Waals surface area (Å²) in [6.45, 7) is 0. The van der Waals surface area contributed by atoms with Crippen molar-refractivity contribution < 1.29 is 42.2 Å². The molecule has 4 N–H and O–H groups in total. The molecule has 2 aromatic heterocycles. The Hall–Kier alpha value is -1.93. The molecule has 5 atom stereocenters. The van der Waals surface area contributed by atoms with Crippen LogP contribution in [0.3, 0.4) is 0 Å². The van der Waals surface area contributed by atoms with Crippen LogP contribution in [0.1, 0.15) is 0 Å². The minimum absolute atomic E-state index is 0.176. The zero-order chi connectivity index (χ0) is 20.6. The van der Waals surface area contributed by atoms with Crippen LogP contribution in [0.15, 0.2) is 30.6 Å². The summed E-state index contributed by atoms with van der Waals surface area (Å²) in [7, 11) is -4.94. The maximum absolute atomic E-state index is 13.0. The van der Waals surface area contributed by atoms with Crippen LogP contribution in [-0.2, 0) is 14.9 Å². The van der Waals surface area contributed by atoms with Gasteiger partial charge in [0.2, 0.25) is 17.7 Å². The molecule has 0 aromatic carbocycles. The minimum Gasteiger partial charge on any atom is -0.459 e. The normalized spacial score (nSPS) is 28.1. The van der Waals surface area contributed by atoms with Gasteiger partial charge in [-0.25, -0.2) is 9.97 Å². The Kier molecular flexibility index (Phi) is 5.82. The molecular formula is C15H14ClFN2O8S. The summed E-state index contributed by atoms with van der Waals surface area (Å²) in [6, 6.07) is 3.87. The van der Waals surface area contributed by atoms with Crippen LogP contribution in [0.25, 0.3) is 11.1 Å². The Labute approximate surface area is 162 Å². The zero-order valence-corrected chi connectivity index (χ0v) is 15.3. The van der Waals surface area contributed by atoms with E-state index in [2.05, 4.69) is 9.97 Å². The molecule has 152 valence electrons. The molecule has 3 heterocycles. The van der Waals surface area contributed by atoms with E-state index in [-0.39, 0.29) is 10.9 Å². The number of aliphatic hydroxyl groups excluding tert-OH is 3. The third-order valence-electron chi connectivity index (χ3n) is 3.93. The first-order valence-corrected chi connectivity index (χ1v) is 9.56. The fourth-order valence-electron chi connectivity index (χ4n) is 2.50. The molecule has 13 heteroatoms. The van der Waals surface area contributed by atoms with Crippen LogP contribution in [0.4, 0.5) is 4.39 Å². The van der Waals surface area contributed by atoms with Gasteiger partial charge in [-0.05, 0) is 18.2 Å². The van der Waals surface area contributed by atoms with Crippen molar-refractivity contribution in [2.75, 3.05) is 0 Å². The first-order chi connectivity index (χ1) is 13.1. The number of hydrogen-bond donors (Lipinski definition) is 4. The summed E-state index contributed by atoms with van der Waals surface area (Å²) >= 11 is 5.94. The fourth-order valence-corrected chi connectivity index (χ4v) is 3.41. The number of pyridine rings is 2. The van der Waals surface area contributed by atoms with Gasteiger partial charge in [-0.15, -0.1) is 0 Å². The van der Waals surface area contributed by atoms with E-state index in [1.165, 1.54) is 24.5 Å². The highest BCUT2D eigenvalue weighted by molar-refractivity contribution is 7.86. The molecule has 2 aromatic rings. The predicted octanol–water partition coefficient (Wildman–Crippen LogP) is -0.0322. The molecule has 1 aliphatic heterocycles. The van der Waals surface area contributed by atoms with Crippen molar-refractivity contribution in [3.05, 3.63) is 41.7 Å². The fraction of sp³-hybridized carbons (Fsp3) is 0.333. The number of nitrogens with zero attached hydrogens (tertiary/aromatic N) is 2. The van der Waals surface area contributed by atoms with E-state index in [0.29, 0.717) is 11.1 Å². The lowest BCUT2D eigenvalue weighted by Crippen LogP contribution is -2.61. The first kappa shape index (κ1) is 20.8. The van der Waals surface area contributed by atoms with Gasteiger partial charge in [0.05, 0.1) is 0 Å². The van der Waals surface area contributed by atoms with Crippen molar-refractivity contribution in [3.63, 3.8) is 0 Å². The van der Waals surface area contributed by atoms with E-state index in [0.717, 1.165) is 6.07 Å². The van der Waals surface area contributed by atoms with Crippen LogP contribution in [0.2, 0.25) is 5.15 Å². The standard InChI is InChI=1S/C15H14ClFN2O8S/c16-13-8(3-7(5-19-13)6-1-2-9(17)18-4-6)26-14-11(21)10(20)12(22)15(27-14)28(23,24)25/h1-5,10-12,14-15,20-22H,(H,23,24,25)/t10-,11-,12+,14-,15?/m1/s1. The molecular weight excluding hydrogens is 423 g/mol. The molecule has 0 saturated carbocycles. The summed E-state index contributed by atoms with van der Waals surface area (Å²) in [5, 5.41) is 29.3. The van der Waals surface area contributed by atoms with Gasteiger partial charge in [0, 0.05) is 23.5 Å². The van der Waals surface area contributed by atoms with Gasteiger partial charge >= 0.3 is 0 Å². The quantitative estimate of drug-likeness (QED) is 0.378. The molecule has 0 aliphatic carbocycles. The van der Waals surface area contributed by atoms with Crippen molar-refractivity contribution in [3.8, 4) is 16.9 Å². The number of halogens is 2. The number of ether oxygens (including phenoxy) is 2. The van der Waals surface area contributed by atoms with Gasteiger partial charge in [0.25, 0.3) is 10.1 Å². The lowest BCUT2D eigenvalue weighted by Gasteiger charge is -2.38. The monoisotopic (exact) mass is 436 g/mol. The van der Waals surface area contributed by atoms with Gasteiger partial charge in [0.1, 0.15) is 18.3 Å². The molecule has 3 rings (SSSR count). The molecule has 0 bridgehead atoms. The molecule has 1 unspecified atom stereocenters. The van der Waals surface area contributed by atoms with E-state index < -0.39 is 46.1 Å². The predicted molar refractivity (Wildman–Crippen MR) is 91.3 cm³/mol. The molecule has 0 amide bonds. The van der Waals surface area contributed by atoms with Crippen molar-refractivity contribution in [1.29, 1.82) is 0 Å². The van der Waals surface area contributed by atoms with Crippen molar-refractivity contribution in [1.82, 2.24) is 9.97 Å². The number of aliphatic hydroxyl groups is 3. The Morgan fingerprint density at radius 3 is 2.36 bits per heavy atom. The van der Waals surface area contributed by atoms with Crippen LogP contribution in [0, 0.1) is 5.95 Å². The highest BCUT2D eigenvalue weighted by atomic mass is 35.5. The highest BCUT2D eigenvalue weighted by Crippen LogP contribution is 2.32. The molecule has 10 nitrogen and oxygen atoms in total. The van der Waals surface area contributed by atoms with Gasteiger partial charge < -0.3 is 24.8 Å². The smallest absolute Gasteiger partial charge is 0.295 e. The Bertz CT molecular complexity index is 961. The summed E-state index contributed by atoms with van der Waals surface area (Å²) in [4.78, 5) is 7.37. The van der Waals surface area contributed by atoms with Gasteiger partial charge in [0.15, 0.2) is 10.9 Å². The van der Waals surface area contributed by atoms with Crippen LogP contribution in [0.5, 0.6) is 5.75 Å². The third kappa shape index (κ3) is 4.22. The molecule has 1 fully saturated rings. The van der Waals surface area contributed by atoms with Crippen molar-refractivity contribution in [2.45, 2.75) is 30.0 Å². The second kappa shape index (κ2) is 7.83. The maximum Gasteiger partial charge on any atom is 0.295 e. The highest BCUT2D eigenvalue weighted by Gasteiger charge is 2.50. The van der Waals surface area contributed by atoms with Crippen LogP contribution in [-0.4, -0.2) is 68.3 Å². The number of rotatable bonds is 4. The molecule has 28 heavy (non-hydrogen) atoms. The second-order valence-electron chi connectivity index (χ2n) is 5.86. The van der Waals surface area contributed by atoms with E-state index in [4.69, 9.17) is 25.6 Å². The SMILES string of the molecule is O=S(=O)(O)C1O[C@@H](Oc2cc(-c3ccc(F)nc3)cnc2Cl)[C@H](O)[C@@H](O)[C@@H]1O. The molecule has 1 saturated heterocycles. The first-order valence-electron chi connectivity index (χ1n) is 7.68. The average Bonchev–Trinajstić information content (AvgIpc) is 2.63.